The summed E-state index contributed by atoms with van der Waals surface area (Å²) in [5.41, 5.74) is 0. The molecule has 0 aromatic heterocycles. The Bertz CT molecular complexity index is 73.4. The maximum atomic E-state index is 8.56. The predicted octanol–water partition coefficient (Wildman–Crippen LogP) is 1.14. The van der Waals surface area contributed by atoms with Crippen LogP contribution in [0, 0.1) is 0 Å². The van der Waals surface area contributed by atoms with Gasteiger partial charge in [0.15, 0.2) is 0 Å². The van der Waals surface area contributed by atoms with Gasteiger partial charge in [-0.2, -0.15) is 0 Å². The molecular weight excluding hydrogens is 268 g/mol. The Morgan fingerprint density at radius 1 is 1.38 bits per heavy atom. The van der Waals surface area contributed by atoms with Crippen LogP contribution in [-0.4, -0.2) is 4.55 Å². The number of halogens is 2. The van der Waals surface area contributed by atoms with Gasteiger partial charge in [0.25, 0.3) is 0 Å². The summed E-state index contributed by atoms with van der Waals surface area (Å²) in [6, 6.07) is 0. The van der Waals surface area contributed by atoms with E-state index in [1.165, 1.54) is 0 Å². The summed E-state index contributed by atoms with van der Waals surface area (Å²) >= 11 is 0.569. The van der Waals surface area contributed by atoms with Crippen molar-refractivity contribution in [2.24, 2.45) is 0 Å². The van der Waals surface area contributed by atoms with Crippen LogP contribution in [0.4, 0.5) is 0 Å². The van der Waals surface area contributed by atoms with Crippen molar-refractivity contribution in [1.82, 2.24) is 0 Å². The van der Waals surface area contributed by atoms with E-state index in [0.29, 0.717) is 12.7 Å². The van der Waals surface area contributed by atoms with Crippen molar-refractivity contribution in [3.8, 4) is 0 Å². The molecule has 8 heavy (non-hydrogen) atoms. The Labute approximate surface area is 73.2 Å². The minimum absolute atomic E-state index is 0. The Morgan fingerprint density at radius 3 is 1.38 bits per heavy atom. The molecule has 0 aliphatic heterocycles. The average Bonchev–Trinajstić information content (AvgIpc) is 1.33. The predicted molar refractivity (Wildman–Crippen MR) is 23.1 cm³/mol. The van der Waals surface area contributed by atoms with Gasteiger partial charge in [0.2, 0.25) is 0 Å². The molecule has 0 saturated carbocycles. The summed E-state index contributed by atoms with van der Waals surface area (Å²) in [6.07, 6.45) is 0. The largest absolute Gasteiger partial charge is 0 e. The van der Waals surface area contributed by atoms with Crippen molar-refractivity contribution < 1.29 is 42.1 Å². The van der Waals surface area contributed by atoms with Crippen LogP contribution >= 0.6 is 20.4 Å². The molecule has 0 aliphatic rings. The van der Waals surface area contributed by atoms with Gasteiger partial charge in [-0.3, -0.25) is 0 Å². The summed E-state index contributed by atoms with van der Waals surface area (Å²) in [5.74, 6) is 0. The molecule has 0 amide bonds. The molecule has 60 valence electrons. The molecule has 0 atom stereocenters. The third-order valence-corrected chi connectivity index (χ3v) is 0. The van der Waals surface area contributed by atoms with E-state index in [-0.39, 0.29) is 16.5 Å². The van der Waals surface area contributed by atoms with Crippen LogP contribution in [0.25, 0.3) is 0 Å². The van der Waals surface area contributed by atoms with Gasteiger partial charge in [-0.1, -0.05) is 0 Å². The van der Waals surface area contributed by atoms with Crippen LogP contribution in [0.1, 0.15) is 0 Å². The second kappa shape index (κ2) is 15.8. The summed E-state index contributed by atoms with van der Waals surface area (Å²) in [5, 5.41) is 0. The molecule has 0 heterocycles. The van der Waals surface area contributed by atoms with Gasteiger partial charge in [-0.15, -0.1) is 0 Å². The summed E-state index contributed by atoms with van der Waals surface area (Å²) in [4.78, 5) is 0. The van der Waals surface area contributed by atoms with Gasteiger partial charge in [0.1, 0.15) is 0 Å². The van der Waals surface area contributed by atoms with Crippen molar-refractivity contribution in [1.29, 1.82) is 0 Å². The van der Waals surface area contributed by atoms with E-state index in [0.717, 1.165) is 0 Å². The van der Waals surface area contributed by atoms with Crippen LogP contribution in [0.2, 0.25) is 0 Å². The monoisotopic (exact) mass is 267 g/mol. The molecule has 0 rings (SSSR count). The van der Waals surface area contributed by atoms with Crippen LogP contribution < -0.4 is 0 Å². The van der Waals surface area contributed by atoms with Gasteiger partial charge >= 0.3 is 33.0 Å². The first kappa shape index (κ1) is 16.2. The molecule has 0 unspecified atom stereocenters. The van der Waals surface area contributed by atoms with Crippen molar-refractivity contribution in [3.63, 3.8) is 0 Å². The normalized spacial score (nSPS) is 7.00. The molecule has 0 aromatic rings. The molecule has 0 aliphatic carbocycles. The van der Waals surface area contributed by atoms with Crippen LogP contribution in [0.5, 0.6) is 0 Å². The molecular formula is HCl2Ni2O3S-. The van der Waals surface area contributed by atoms with Crippen LogP contribution in [0.3, 0.4) is 0 Å². The van der Waals surface area contributed by atoms with E-state index >= 15 is 0 Å². The number of hydrogen-bond acceptors (Lipinski definition) is 3. The standard InChI is InChI=1S/2ClH.2Ni.HO3S/c;;;;1-4(2)3/h2*1H;;;(H,1,2,3)/q;;;+2;-1/p-2. The van der Waals surface area contributed by atoms with Crippen molar-refractivity contribution >= 4 is 31.4 Å². The fourth-order valence-electron chi connectivity index (χ4n) is 0. The van der Waals surface area contributed by atoms with E-state index in [4.69, 9.17) is 33.4 Å². The van der Waals surface area contributed by atoms with E-state index in [2.05, 4.69) is 0 Å². The number of hydrogen-bond donors (Lipinski definition) is 1. The van der Waals surface area contributed by atoms with Gasteiger partial charge in [0.05, 0.1) is 0 Å². The first-order chi connectivity index (χ1) is 3.15. The van der Waals surface area contributed by atoms with Gasteiger partial charge in [0, 0.05) is 27.5 Å². The van der Waals surface area contributed by atoms with E-state index in [1.54, 1.807) is 0 Å². The number of rotatable bonds is 0. The van der Waals surface area contributed by atoms with Gasteiger partial charge < -0.3 is 13.0 Å². The zero-order valence-corrected chi connectivity index (χ0v) is 7.36. The zero-order valence-electron chi connectivity index (χ0n) is 3.06. The Balaban J connectivity index is -0.0000000575. The first-order valence-corrected chi connectivity index (χ1v) is 4.50. The Kier molecular flexibility index (Phi) is 32.1. The molecule has 3 nitrogen and oxygen atoms in total. The minimum Gasteiger partial charge on any atom is 0 e. The Hall–Kier alpha value is 1.48. The zero-order chi connectivity index (χ0) is 6.28. The van der Waals surface area contributed by atoms with Crippen LogP contribution in [-0.2, 0) is 48.5 Å². The Morgan fingerprint density at radius 2 is 1.38 bits per heavy atom. The molecule has 1 N–H and O–H groups in total. The molecule has 0 bridgehead atoms. The molecule has 0 fully saturated rings. The fourth-order valence-corrected chi connectivity index (χ4v) is 0. The third kappa shape index (κ3) is 144. The van der Waals surface area contributed by atoms with E-state index < -0.39 is 11.0 Å². The van der Waals surface area contributed by atoms with Crippen molar-refractivity contribution in [2.45, 2.75) is 0 Å². The van der Waals surface area contributed by atoms with Gasteiger partial charge in [-0.05, 0) is 0 Å². The topological polar surface area (TPSA) is 54.4 Å². The van der Waals surface area contributed by atoms with Crippen LogP contribution in [0.15, 0.2) is 0 Å². The van der Waals surface area contributed by atoms with Crippen molar-refractivity contribution in [3.05, 3.63) is 0 Å². The fraction of sp³-hybridized carbons (Fsp3) is 0. The quantitative estimate of drug-likeness (QED) is 0.310. The first-order valence-electron chi connectivity index (χ1n) is 0.755. The SMILES string of the molecule is O=[S-](=O)O.[Cl][Ni][Cl].[Ni]. The average molecular weight is 269 g/mol. The second-order valence-corrected chi connectivity index (χ2v) is 2.33. The maximum Gasteiger partial charge on any atom is 0 e. The van der Waals surface area contributed by atoms with Crippen molar-refractivity contribution in [2.75, 3.05) is 0 Å². The molecule has 0 spiro atoms. The molecule has 8 heteroatoms. The minimum atomic E-state index is -2.86. The summed E-state index contributed by atoms with van der Waals surface area (Å²) < 4.78 is 24.1. The summed E-state index contributed by atoms with van der Waals surface area (Å²) in [7, 11) is 6.54. The third-order valence-electron chi connectivity index (χ3n) is 0. The van der Waals surface area contributed by atoms with E-state index in [1.807, 2.05) is 0 Å². The summed E-state index contributed by atoms with van der Waals surface area (Å²) in [6.45, 7) is 0. The molecule has 0 radical (unpaired) electrons. The smallest absolute Gasteiger partial charge is 0 e. The van der Waals surface area contributed by atoms with Gasteiger partial charge in [-0.25, -0.2) is 0 Å². The van der Waals surface area contributed by atoms with E-state index in [9.17, 15) is 0 Å². The molecule has 0 aromatic carbocycles. The molecule has 0 saturated heterocycles. The maximum absolute atomic E-state index is 8.56. The second-order valence-electron chi connectivity index (χ2n) is 0.262.